The number of halogens is 2. The molecule has 1 fully saturated rings. The lowest BCUT2D eigenvalue weighted by Crippen LogP contribution is -2.01. The highest BCUT2D eigenvalue weighted by atomic mass is 79.9. The molecule has 2 rings (SSSR count). The summed E-state index contributed by atoms with van der Waals surface area (Å²) < 4.78 is 6.45. The van der Waals surface area contributed by atoms with E-state index in [-0.39, 0.29) is 0 Å². The fraction of sp³-hybridized carbons (Fsp3) is 0.571. The molecule has 1 aliphatic rings. The molecule has 94 valence electrons. The van der Waals surface area contributed by atoms with Crippen molar-refractivity contribution in [3.8, 4) is 5.75 Å². The van der Waals surface area contributed by atoms with E-state index in [1.165, 1.54) is 35.7 Å². The fourth-order valence-electron chi connectivity index (χ4n) is 2.05. The van der Waals surface area contributed by atoms with Gasteiger partial charge in [-0.1, -0.05) is 31.9 Å². The first-order valence-electron chi connectivity index (χ1n) is 6.17. The first-order valence-corrected chi connectivity index (χ1v) is 7.88. The molecule has 0 aromatic heterocycles. The number of hydrogen-bond donors (Lipinski definition) is 0. The maximum Gasteiger partial charge on any atom is 0.119 e. The van der Waals surface area contributed by atoms with Crippen LogP contribution in [0.1, 0.15) is 31.2 Å². The summed E-state index contributed by atoms with van der Waals surface area (Å²) in [6.45, 7) is 0. The number of hydrogen-bond acceptors (Lipinski definition) is 1. The molecule has 0 N–H and O–H groups in total. The van der Waals surface area contributed by atoms with Gasteiger partial charge < -0.3 is 4.74 Å². The van der Waals surface area contributed by atoms with Gasteiger partial charge in [-0.3, -0.25) is 0 Å². The van der Waals surface area contributed by atoms with Gasteiger partial charge in [0.25, 0.3) is 0 Å². The Morgan fingerprint density at radius 3 is 2.82 bits per heavy atom. The molecule has 1 saturated carbocycles. The van der Waals surface area contributed by atoms with E-state index < -0.39 is 0 Å². The molecule has 0 saturated heterocycles. The molecule has 1 aromatic carbocycles. The van der Waals surface area contributed by atoms with Crippen molar-refractivity contribution in [1.29, 1.82) is 0 Å². The van der Waals surface area contributed by atoms with Gasteiger partial charge in [-0.2, -0.15) is 0 Å². The number of rotatable bonds is 6. The second kappa shape index (κ2) is 6.24. The Morgan fingerprint density at radius 1 is 1.41 bits per heavy atom. The van der Waals surface area contributed by atoms with Crippen molar-refractivity contribution in [2.24, 2.45) is 5.92 Å². The van der Waals surface area contributed by atoms with Crippen LogP contribution in [0.4, 0.5) is 0 Å². The molecular formula is C14H18Br2O. The maximum absolute atomic E-state index is 5.26. The van der Waals surface area contributed by atoms with Crippen LogP contribution in [-0.4, -0.2) is 11.9 Å². The minimum Gasteiger partial charge on any atom is -0.497 e. The lowest BCUT2D eigenvalue weighted by molar-refractivity contribution is 0.414. The summed E-state index contributed by atoms with van der Waals surface area (Å²) in [5.74, 6) is 1.89. The van der Waals surface area contributed by atoms with Crippen LogP contribution in [0.25, 0.3) is 0 Å². The normalized spacial score (nSPS) is 16.9. The van der Waals surface area contributed by atoms with Crippen LogP contribution in [0.3, 0.4) is 0 Å². The Morgan fingerprint density at radius 2 is 2.18 bits per heavy atom. The van der Waals surface area contributed by atoms with E-state index in [1.54, 1.807) is 7.11 Å². The predicted octanol–water partition coefficient (Wildman–Crippen LogP) is 4.95. The van der Waals surface area contributed by atoms with Crippen LogP contribution in [0.5, 0.6) is 5.75 Å². The lowest BCUT2D eigenvalue weighted by Gasteiger charge is -2.10. The number of benzene rings is 1. The van der Waals surface area contributed by atoms with Crippen molar-refractivity contribution in [3.63, 3.8) is 0 Å². The topological polar surface area (TPSA) is 9.23 Å². The minimum absolute atomic E-state index is 0.729. The summed E-state index contributed by atoms with van der Waals surface area (Å²) in [5, 5.41) is 0. The van der Waals surface area contributed by atoms with Gasteiger partial charge in [-0.05, 0) is 61.8 Å². The lowest BCUT2D eigenvalue weighted by atomic mass is 10.1. The minimum atomic E-state index is 0.729. The van der Waals surface area contributed by atoms with Gasteiger partial charge in [-0.25, -0.2) is 0 Å². The Balaban J connectivity index is 1.84. The zero-order valence-corrected chi connectivity index (χ0v) is 13.3. The van der Waals surface area contributed by atoms with E-state index in [2.05, 4.69) is 44.0 Å². The molecule has 1 unspecified atom stereocenters. The van der Waals surface area contributed by atoms with Crippen LogP contribution < -0.4 is 4.74 Å². The fourth-order valence-corrected chi connectivity index (χ4v) is 3.35. The molecule has 0 radical (unpaired) electrons. The third kappa shape index (κ3) is 3.99. The molecule has 3 heteroatoms. The van der Waals surface area contributed by atoms with Crippen molar-refractivity contribution in [2.45, 2.75) is 36.9 Å². The van der Waals surface area contributed by atoms with Crippen molar-refractivity contribution in [2.75, 3.05) is 7.11 Å². The van der Waals surface area contributed by atoms with Crippen LogP contribution in [-0.2, 0) is 6.42 Å². The molecule has 17 heavy (non-hydrogen) atoms. The smallest absolute Gasteiger partial charge is 0.119 e. The van der Waals surface area contributed by atoms with E-state index in [1.807, 2.05) is 6.07 Å². The van der Waals surface area contributed by atoms with Gasteiger partial charge in [0.15, 0.2) is 0 Å². The quantitative estimate of drug-likeness (QED) is 0.651. The Hall–Kier alpha value is -0.0200. The van der Waals surface area contributed by atoms with Crippen LogP contribution >= 0.6 is 31.9 Å². The molecule has 0 spiro atoms. The largest absolute Gasteiger partial charge is 0.497 e. The molecule has 1 nitrogen and oxygen atoms in total. The van der Waals surface area contributed by atoms with Gasteiger partial charge in [-0.15, -0.1) is 0 Å². The van der Waals surface area contributed by atoms with Crippen LogP contribution in [0.2, 0.25) is 0 Å². The van der Waals surface area contributed by atoms with Gasteiger partial charge >= 0.3 is 0 Å². The Kier molecular flexibility index (Phi) is 4.92. The average Bonchev–Trinajstić information content (AvgIpc) is 3.15. The van der Waals surface area contributed by atoms with Gasteiger partial charge in [0.1, 0.15) is 5.75 Å². The van der Waals surface area contributed by atoms with E-state index in [4.69, 9.17) is 4.74 Å². The predicted molar refractivity (Wildman–Crippen MR) is 79.1 cm³/mol. The number of alkyl halides is 1. The standard InChI is InChI=1S/C14H18Br2O/c1-17-12-7-8-14(16)11(9-12)3-2-4-13(15)10-5-6-10/h7-10,13H,2-6H2,1H3. The van der Waals surface area contributed by atoms with Crippen LogP contribution in [0.15, 0.2) is 22.7 Å². The third-order valence-electron chi connectivity index (χ3n) is 3.31. The Labute approximate surface area is 120 Å². The molecular weight excluding hydrogens is 344 g/mol. The van der Waals surface area contributed by atoms with E-state index in [9.17, 15) is 0 Å². The van der Waals surface area contributed by atoms with Crippen molar-refractivity contribution >= 4 is 31.9 Å². The maximum atomic E-state index is 5.26. The second-order valence-corrected chi connectivity index (χ2v) is 6.73. The first-order chi connectivity index (χ1) is 8.20. The molecule has 0 amide bonds. The number of aryl methyl sites for hydroxylation is 1. The van der Waals surface area contributed by atoms with Gasteiger partial charge in [0.05, 0.1) is 7.11 Å². The summed E-state index contributed by atoms with van der Waals surface area (Å²) in [6, 6.07) is 6.19. The van der Waals surface area contributed by atoms with Gasteiger partial charge in [0, 0.05) is 9.30 Å². The summed E-state index contributed by atoms with van der Waals surface area (Å²) in [6.07, 6.45) is 6.46. The number of methoxy groups -OCH3 is 1. The van der Waals surface area contributed by atoms with Crippen molar-refractivity contribution in [1.82, 2.24) is 0 Å². The zero-order chi connectivity index (χ0) is 12.3. The van der Waals surface area contributed by atoms with E-state index in [0.29, 0.717) is 0 Å². The van der Waals surface area contributed by atoms with Crippen LogP contribution in [0, 0.1) is 5.92 Å². The van der Waals surface area contributed by atoms with E-state index in [0.717, 1.165) is 22.9 Å². The first kappa shape index (κ1) is 13.4. The highest BCUT2D eigenvalue weighted by molar-refractivity contribution is 9.10. The average molecular weight is 362 g/mol. The van der Waals surface area contributed by atoms with E-state index >= 15 is 0 Å². The summed E-state index contributed by atoms with van der Waals surface area (Å²) in [7, 11) is 1.72. The summed E-state index contributed by atoms with van der Waals surface area (Å²) in [4.78, 5) is 0.729. The zero-order valence-electron chi connectivity index (χ0n) is 10.1. The molecule has 0 bridgehead atoms. The molecule has 1 aromatic rings. The second-order valence-electron chi connectivity index (χ2n) is 4.70. The molecule has 1 atom stereocenters. The highest BCUT2D eigenvalue weighted by Crippen LogP contribution is 2.39. The molecule has 0 aliphatic heterocycles. The van der Waals surface area contributed by atoms with Gasteiger partial charge in [0.2, 0.25) is 0 Å². The third-order valence-corrected chi connectivity index (χ3v) is 5.29. The number of ether oxygens (including phenoxy) is 1. The summed E-state index contributed by atoms with van der Waals surface area (Å²) in [5.41, 5.74) is 1.35. The van der Waals surface area contributed by atoms with Crippen molar-refractivity contribution < 1.29 is 4.74 Å². The summed E-state index contributed by atoms with van der Waals surface area (Å²) >= 11 is 7.39. The highest BCUT2D eigenvalue weighted by Gasteiger charge is 2.28. The molecule has 0 heterocycles. The SMILES string of the molecule is COc1ccc(Br)c(CCCC(Br)C2CC2)c1. The van der Waals surface area contributed by atoms with Crippen molar-refractivity contribution in [3.05, 3.63) is 28.2 Å². The molecule has 1 aliphatic carbocycles. The Bertz CT molecular complexity index is 374. The monoisotopic (exact) mass is 360 g/mol.